The Morgan fingerprint density at radius 2 is 1.56 bits per heavy atom. The largest absolute Gasteiger partial charge is 0.351 e. The number of amides is 2. The fourth-order valence-corrected chi connectivity index (χ4v) is 3.83. The molecule has 0 spiro atoms. The molecule has 166 valence electrons. The number of hydrogen-bond acceptors (Lipinski definition) is 4. The van der Waals surface area contributed by atoms with Gasteiger partial charge < -0.3 is 10.6 Å². The minimum Gasteiger partial charge on any atom is -0.351 e. The molecule has 3 rings (SSSR count). The van der Waals surface area contributed by atoms with Crippen molar-refractivity contribution in [3.8, 4) is 0 Å². The summed E-state index contributed by atoms with van der Waals surface area (Å²) in [6.45, 7) is -0.0815. The predicted octanol–water partition coefficient (Wildman–Crippen LogP) is 3.52. The second-order valence-electron chi connectivity index (χ2n) is 6.68. The monoisotopic (exact) mass is 459 g/mol. The van der Waals surface area contributed by atoms with E-state index in [1.54, 1.807) is 30.3 Å². The van der Waals surface area contributed by atoms with Crippen molar-refractivity contribution in [3.63, 3.8) is 0 Å². The molecule has 0 fully saturated rings. The molecule has 7 nitrogen and oxygen atoms in total. The lowest BCUT2D eigenvalue weighted by Crippen LogP contribution is -2.28. The molecular formula is C22H19F2N3O4S. The van der Waals surface area contributed by atoms with E-state index in [4.69, 9.17) is 0 Å². The van der Waals surface area contributed by atoms with E-state index in [-0.39, 0.29) is 29.1 Å². The van der Waals surface area contributed by atoms with Gasteiger partial charge in [-0.15, -0.1) is 0 Å². The van der Waals surface area contributed by atoms with Gasteiger partial charge in [0.25, 0.3) is 15.9 Å². The van der Waals surface area contributed by atoms with Crippen molar-refractivity contribution in [1.82, 2.24) is 5.32 Å². The van der Waals surface area contributed by atoms with E-state index in [1.165, 1.54) is 24.3 Å². The third kappa shape index (κ3) is 6.11. The van der Waals surface area contributed by atoms with Gasteiger partial charge in [-0.1, -0.05) is 24.3 Å². The van der Waals surface area contributed by atoms with Crippen LogP contribution in [-0.4, -0.2) is 26.8 Å². The van der Waals surface area contributed by atoms with Crippen LogP contribution in [0.4, 0.5) is 20.2 Å². The smallest absolute Gasteiger partial charge is 0.261 e. The van der Waals surface area contributed by atoms with E-state index in [0.29, 0.717) is 11.8 Å². The molecule has 3 aromatic carbocycles. The lowest BCUT2D eigenvalue weighted by Gasteiger charge is -2.11. The van der Waals surface area contributed by atoms with Crippen molar-refractivity contribution in [2.24, 2.45) is 0 Å². The van der Waals surface area contributed by atoms with Crippen LogP contribution in [0.15, 0.2) is 77.7 Å². The average molecular weight is 459 g/mol. The van der Waals surface area contributed by atoms with Gasteiger partial charge in [-0.3, -0.25) is 14.3 Å². The van der Waals surface area contributed by atoms with Crippen LogP contribution in [0.2, 0.25) is 0 Å². The molecule has 0 aliphatic carbocycles. The zero-order valence-electron chi connectivity index (χ0n) is 16.6. The molecular weight excluding hydrogens is 440 g/mol. The number of nitrogens with one attached hydrogen (secondary N) is 3. The number of sulfonamides is 1. The van der Waals surface area contributed by atoms with Crippen LogP contribution in [0, 0.1) is 11.6 Å². The predicted molar refractivity (Wildman–Crippen MR) is 116 cm³/mol. The number of anilines is 2. The highest BCUT2D eigenvalue weighted by Crippen LogP contribution is 2.19. The lowest BCUT2D eigenvalue weighted by molar-refractivity contribution is -0.116. The molecule has 0 saturated carbocycles. The van der Waals surface area contributed by atoms with E-state index in [1.807, 2.05) is 0 Å². The van der Waals surface area contributed by atoms with Crippen LogP contribution in [0.5, 0.6) is 0 Å². The maximum absolute atomic E-state index is 13.6. The standard InChI is InChI=1S/C22H19F2N3O4S/c23-15-9-10-19(20(24)13-15)22(29)25-12-11-21(28)26-16-5-4-6-17(14-16)27-32(30,31)18-7-2-1-3-8-18/h1-10,13-14,27H,11-12H2,(H,25,29)(H,26,28). The van der Waals surface area contributed by atoms with Gasteiger partial charge in [0.15, 0.2) is 0 Å². The molecule has 0 bridgehead atoms. The second-order valence-corrected chi connectivity index (χ2v) is 8.36. The first-order valence-corrected chi connectivity index (χ1v) is 10.9. The zero-order chi connectivity index (χ0) is 23.1. The molecule has 0 aliphatic rings. The van der Waals surface area contributed by atoms with Gasteiger partial charge in [-0.25, -0.2) is 17.2 Å². The van der Waals surface area contributed by atoms with Crippen molar-refractivity contribution < 1.29 is 26.8 Å². The summed E-state index contributed by atoms with van der Waals surface area (Å²) in [4.78, 5) is 24.2. The van der Waals surface area contributed by atoms with Crippen LogP contribution in [0.1, 0.15) is 16.8 Å². The summed E-state index contributed by atoms with van der Waals surface area (Å²) < 4.78 is 53.8. The minimum absolute atomic E-state index is 0.0815. The van der Waals surface area contributed by atoms with Crippen LogP contribution in [-0.2, 0) is 14.8 Å². The first-order chi connectivity index (χ1) is 15.2. The summed E-state index contributed by atoms with van der Waals surface area (Å²) in [5, 5.41) is 4.97. The summed E-state index contributed by atoms with van der Waals surface area (Å²) in [5.74, 6) is -3.02. The molecule has 0 aliphatic heterocycles. The van der Waals surface area contributed by atoms with E-state index in [2.05, 4.69) is 15.4 Å². The van der Waals surface area contributed by atoms with E-state index >= 15 is 0 Å². The Bertz CT molecular complexity index is 1230. The summed E-state index contributed by atoms with van der Waals surface area (Å²) in [6.07, 6.45) is -0.117. The third-order valence-electron chi connectivity index (χ3n) is 4.27. The van der Waals surface area contributed by atoms with Crippen molar-refractivity contribution in [2.45, 2.75) is 11.3 Å². The number of hydrogen-bond donors (Lipinski definition) is 3. The molecule has 2 amide bonds. The molecule has 0 aromatic heterocycles. The van der Waals surface area contributed by atoms with E-state index in [9.17, 15) is 26.8 Å². The van der Waals surface area contributed by atoms with Gasteiger partial charge in [0, 0.05) is 24.7 Å². The van der Waals surface area contributed by atoms with Crippen molar-refractivity contribution >= 4 is 33.2 Å². The van der Waals surface area contributed by atoms with E-state index in [0.717, 1.165) is 12.1 Å². The maximum atomic E-state index is 13.6. The highest BCUT2D eigenvalue weighted by Gasteiger charge is 2.15. The Morgan fingerprint density at radius 1 is 0.844 bits per heavy atom. The van der Waals surface area contributed by atoms with Crippen LogP contribution < -0.4 is 15.4 Å². The van der Waals surface area contributed by atoms with Gasteiger partial charge in [0.2, 0.25) is 5.91 Å². The summed E-state index contributed by atoms with van der Waals surface area (Å²) in [7, 11) is -3.78. The fourth-order valence-electron chi connectivity index (χ4n) is 2.76. The highest BCUT2D eigenvalue weighted by atomic mass is 32.2. The minimum atomic E-state index is -3.78. The first kappa shape index (κ1) is 22.9. The van der Waals surface area contributed by atoms with Crippen molar-refractivity contribution in [2.75, 3.05) is 16.6 Å². The van der Waals surface area contributed by atoms with Gasteiger partial charge in [-0.2, -0.15) is 0 Å². The molecule has 0 unspecified atom stereocenters. The normalized spacial score (nSPS) is 10.9. The topological polar surface area (TPSA) is 104 Å². The molecule has 32 heavy (non-hydrogen) atoms. The van der Waals surface area contributed by atoms with Gasteiger partial charge in [-0.05, 0) is 42.5 Å². The Labute approximate surface area is 183 Å². The summed E-state index contributed by atoms with van der Waals surface area (Å²) >= 11 is 0. The number of rotatable bonds is 8. The lowest BCUT2D eigenvalue weighted by atomic mass is 10.2. The van der Waals surface area contributed by atoms with Crippen molar-refractivity contribution in [1.29, 1.82) is 0 Å². The maximum Gasteiger partial charge on any atom is 0.261 e. The van der Waals surface area contributed by atoms with Crippen LogP contribution in [0.3, 0.4) is 0 Å². The molecule has 3 N–H and O–H groups in total. The van der Waals surface area contributed by atoms with Crippen LogP contribution >= 0.6 is 0 Å². The van der Waals surface area contributed by atoms with E-state index < -0.39 is 33.5 Å². The first-order valence-electron chi connectivity index (χ1n) is 9.45. The molecule has 0 atom stereocenters. The van der Waals surface area contributed by atoms with Gasteiger partial charge >= 0.3 is 0 Å². The number of carbonyl (C=O) groups is 2. The molecule has 0 saturated heterocycles. The zero-order valence-corrected chi connectivity index (χ0v) is 17.5. The van der Waals surface area contributed by atoms with Crippen molar-refractivity contribution in [3.05, 3.63) is 90.0 Å². The number of halogens is 2. The Hall–Kier alpha value is -3.79. The average Bonchev–Trinajstić information content (AvgIpc) is 2.74. The number of carbonyl (C=O) groups excluding carboxylic acids is 2. The molecule has 10 heteroatoms. The second kappa shape index (κ2) is 10.0. The highest BCUT2D eigenvalue weighted by molar-refractivity contribution is 7.92. The summed E-state index contributed by atoms with van der Waals surface area (Å²) in [6, 6.07) is 16.5. The Kier molecular flexibility index (Phi) is 7.16. The molecule has 0 heterocycles. The summed E-state index contributed by atoms with van der Waals surface area (Å²) in [5.41, 5.74) is 0.274. The van der Waals surface area contributed by atoms with Gasteiger partial charge in [0.1, 0.15) is 11.6 Å². The third-order valence-corrected chi connectivity index (χ3v) is 5.66. The molecule has 3 aromatic rings. The Morgan fingerprint density at radius 3 is 2.28 bits per heavy atom. The SMILES string of the molecule is O=C(CCNC(=O)c1ccc(F)cc1F)Nc1cccc(NS(=O)(=O)c2ccccc2)c1. The Balaban J connectivity index is 1.54. The van der Waals surface area contributed by atoms with Gasteiger partial charge in [0.05, 0.1) is 16.1 Å². The number of benzene rings is 3. The van der Waals surface area contributed by atoms with Crippen LogP contribution in [0.25, 0.3) is 0 Å². The molecule has 0 radical (unpaired) electrons. The fraction of sp³-hybridized carbons (Fsp3) is 0.0909. The quantitative estimate of drug-likeness (QED) is 0.479.